The molecule has 0 amide bonds. The van der Waals surface area contributed by atoms with Crippen LogP contribution in [-0.4, -0.2) is 11.8 Å². The van der Waals surface area contributed by atoms with Gasteiger partial charge in [-0.25, -0.2) is 0 Å². The van der Waals surface area contributed by atoms with Gasteiger partial charge in [-0.1, -0.05) is 90.4 Å². The molecule has 0 aliphatic rings. The highest BCUT2D eigenvalue weighted by Gasteiger charge is 2.01. The molecule has 0 spiro atoms. The fourth-order valence-corrected chi connectivity index (χ4v) is 3.29. The van der Waals surface area contributed by atoms with Gasteiger partial charge < -0.3 is 4.74 Å². The topological polar surface area (TPSA) is 26.3 Å². The molecule has 0 aromatic heterocycles. The fourth-order valence-electron chi connectivity index (χ4n) is 3.17. The lowest BCUT2D eigenvalue weighted by Gasteiger charge is -2.06. The van der Waals surface area contributed by atoms with Gasteiger partial charge in [0.25, 0.3) is 5.24 Å². The van der Waals surface area contributed by atoms with E-state index in [1.165, 1.54) is 83.5 Å². The van der Waals surface area contributed by atoms with Gasteiger partial charge in [-0.3, -0.25) is 4.79 Å². The highest BCUT2D eigenvalue weighted by Crippen LogP contribution is 2.15. The lowest BCUT2D eigenvalue weighted by Crippen LogP contribution is -1.98. The molecular formula is C23H37ClO2. The summed E-state index contributed by atoms with van der Waals surface area (Å²) in [6, 6.07) is 7.02. The second-order valence-electron chi connectivity index (χ2n) is 7.24. The largest absolute Gasteiger partial charge is 0.494 e. The molecular weight excluding hydrogens is 344 g/mol. The number of carbonyl (C=O) groups is 1. The Kier molecular flexibility index (Phi) is 14.3. The van der Waals surface area contributed by atoms with Crippen molar-refractivity contribution in [1.82, 2.24) is 0 Å². The van der Waals surface area contributed by atoms with Crippen molar-refractivity contribution in [2.45, 2.75) is 96.8 Å². The Balaban J connectivity index is 1.83. The summed E-state index contributed by atoms with van der Waals surface area (Å²) in [5.74, 6) is 0.807. The Labute approximate surface area is 165 Å². The molecule has 3 heteroatoms. The van der Waals surface area contributed by atoms with Gasteiger partial charge in [-0.2, -0.15) is 0 Å². The smallest absolute Gasteiger partial charge is 0.252 e. The van der Waals surface area contributed by atoms with Crippen molar-refractivity contribution in [1.29, 1.82) is 0 Å². The van der Waals surface area contributed by atoms with E-state index in [2.05, 4.69) is 6.92 Å². The van der Waals surface area contributed by atoms with E-state index >= 15 is 0 Å². The van der Waals surface area contributed by atoms with Crippen molar-refractivity contribution in [2.24, 2.45) is 0 Å². The predicted octanol–water partition coefficient (Wildman–Crippen LogP) is 7.93. The quantitative estimate of drug-likeness (QED) is 0.202. The molecule has 2 nitrogen and oxygen atoms in total. The maximum atomic E-state index is 11.0. The van der Waals surface area contributed by atoms with Crippen LogP contribution < -0.4 is 4.74 Å². The molecule has 0 fully saturated rings. The zero-order valence-corrected chi connectivity index (χ0v) is 17.4. The summed E-state index contributed by atoms with van der Waals surface area (Å²) in [6.45, 7) is 3.02. The summed E-state index contributed by atoms with van der Waals surface area (Å²) in [5.41, 5.74) is 0.510. The minimum absolute atomic E-state index is 0.427. The van der Waals surface area contributed by atoms with Crippen molar-refractivity contribution >= 4 is 16.8 Å². The standard InChI is InChI=1S/C23H37ClO2/c1-2-3-4-5-6-7-8-9-10-11-12-13-14-15-20-26-22-18-16-21(17-19-22)23(24)25/h16-19H,2-15,20H2,1H3. The first-order chi connectivity index (χ1) is 12.7. The molecule has 0 atom stereocenters. The van der Waals surface area contributed by atoms with Crippen molar-refractivity contribution in [3.8, 4) is 5.75 Å². The zero-order chi connectivity index (χ0) is 18.9. The maximum Gasteiger partial charge on any atom is 0.252 e. The number of carbonyl (C=O) groups excluding carboxylic acids is 1. The number of halogens is 1. The summed E-state index contributed by atoms with van der Waals surface area (Å²) in [6.07, 6.45) is 19.1. The van der Waals surface area contributed by atoms with E-state index < -0.39 is 5.24 Å². The Bertz CT molecular complexity index is 456. The predicted molar refractivity (Wildman–Crippen MR) is 112 cm³/mol. The van der Waals surface area contributed by atoms with Gasteiger partial charge in [-0.05, 0) is 42.3 Å². The summed E-state index contributed by atoms with van der Waals surface area (Å²) in [4.78, 5) is 11.0. The van der Waals surface area contributed by atoms with Crippen LogP contribution in [0.2, 0.25) is 0 Å². The Hall–Kier alpha value is -1.02. The van der Waals surface area contributed by atoms with E-state index in [1.54, 1.807) is 24.3 Å². The van der Waals surface area contributed by atoms with Gasteiger partial charge >= 0.3 is 0 Å². The van der Waals surface area contributed by atoms with Crippen LogP contribution in [0.5, 0.6) is 5.75 Å². The molecule has 0 bridgehead atoms. The van der Waals surface area contributed by atoms with Crippen LogP contribution in [0.4, 0.5) is 0 Å². The SMILES string of the molecule is CCCCCCCCCCCCCCCCOc1ccc(C(=O)Cl)cc1. The molecule has 0 unspecified atom stereocenters. The van der Waals surface area contributed by atoms with Crippen LogP contribution in [0.15, 0.2) is 24.3 Å². The number of hydrogen-bond acceptors (Lipinski definition) is 2. The van der Waals surface area contributed by atoms with E-state index in [0.717, 1.165) is 18.8 Å². The third kappa shape index (κ3) is 12.4. The monoisotopic (exact) mass is 380 g/mol. The summed E-state index contributed by atoms with van der Waals surface area (Å²) in [7, 11) is 0. The first kappa shape index (κ1) is 23.0. The van der Waals surface area contributed by atoms with Crippen molar-refractivity contribution < 1.29 is 9.53 Å². The van der Waals surface area contributed by atoms with E-state index in [1.807, 2.05) is 0 Å². The number of unbranched alkanes of at least 4 members (excludes halogenated alkanes) is 13. The lowest BCUT2D eigenvalue weighted by molar-refractivity contribution is 0.108. The molecule has 148 valence electrons. The number of rotatable bonds is 17. The maximum absolute atomic E-state index is 11.0. The van der Waals surface area contributed by atoms with Crippen molar-refractivity contribution in [3.63, 3.8) is 0 Å². The minimum atomic E-state index is -0.427. The van der Waals surface area contributed by atoms with Gasteiger partial charge in [0.05, 0.1) is 6.61 Å². The minimum Gasteiger partial charge on any atom is -0.494 e. The molecule has 0 N–H and O–H groups in total. The van der Waals surface area contributed by atoms with E-state index in [-0.39, 0.29) is 0 Å². The van der Waals surface area contributed by atoms with E-state index in [4.69, 9.17) is 16.3 Å². The highest BCUT2D eigenvalue weighted by molar-refractivity contribution is 6.67. The molecule has 1 aromatic rings. The Morgan fingerprint density at radius 2 is 1.15 bits per heavy atom. The van der Waals surface area contributed by atoms with Gasteiger partial charge in [0.15, 0.2) is 0 Å². The molecule has 0 aliphatic heterocycles. The average molecular weight is 381 g/mol. The lowest BCUT2D eigenvalue weighted by atomic mass is 10.0. The van der Waals surface area contributed by atoms with Crippen LogP contribution in [-0.2, 0) is 0 Å². The Morgan fingerprint density at radius 3 is 1.58 bits per heavy atom. The first-order valence-corrected chi connectivity index (χ1v) is 11.0. The third-order valence-electron chi connectivity index (χ3n) is 4.85. The van der Waals surface area contributed by atoms with E-state index in [9.17, 15) is 4.79 Å². The van der Waals surface area contributed by atoms with Crippen molar-refractivity contribution in [3.05, 3.63) is 29.8 Å². The number of benzene rings is 1. The highest BCUT2D eigenvalue weighted by atomic mass is 35.5. The normalized spacial score (nSPS) is 10.8. The molecule has 0 radical (unpaired) electrons. The van der Waals surface area contributed by atoms with Gasteiger partial charge in [0.1, 0.15) is 5.75 Å². The van der Waals surface area contributed by atoms with Gasteiger partial charge in [-0.15, -0.1) is 0 Å². The molecule has 0 saturated carbocycles. The average Bonchev–Trinajstić information content (AvgIpc) is 2.65. The van der Waals surface area contributed by atoms with Crippen LogP contribution in [0, 0.1) is 0 Å². The van der Waals surface area contributed by atoms with Crippen molar-refractivity contribution in [2.75, 3.05) is 6.61 Å². The summed E-state index contributed by atoms with van der Waals surface area (Å²) >= 11 is 5.42. The summed E-state index contributed by atoms with van der Waals surface area (Å²) in [5, 5.41) is -0.427. The number of ether oxygens (including phenoxy) is 1. The molecule has 1 aromatic carbocycles. The number of hydrogen-bond donors (Lipinski definition) is 0. The summed E-state index contributed by atoms with van der Waals surface area (Å²) < 4.78 is 5.69. The second kappa shape index (κ2) is 16.2. The first-order valence-electron chi connectivity index (χ1n) is 10.7. The van der Waals surface area contributed by atoms with Crippen LogP contribution in [0.1, 0.15) is 107 Å². The molecule has 1 rings (SSSR count). The third-order valence-corrected chi connectivity index (χ3v) is 5.07. The van der Waals surface area contributed by atoms with Crippen LogP contribution in [0.3, 0.4) is 0 Å². The fraction of sp³-hybridized carbons (Fsp3) is 0.696. The van der Waals surface area contributed by atoms with Gasteiger partial charge in [0.2, 0.25) is 0 Å². The molecule has 0 heterocycles. The molecule has 0 saturated heterocycles. The second-order valence-corrected chi connectivity index (χ2v) is 7.59. The molecule has 0 aliphatic carbocycles. The van der Waals surface area contributed by atoms with Crippen LogP contribution in [0.25, 0.3) is 0 Å². The Morgan fingerprint density at radius 1 is 0.731 bits per heavy atom. The molecule has 26 heavy (non-hydrogen) atoms. The van der Waals surface area contributed by atoms with E-state index in [0.29, 0.717) is 5.56 Å². The van der Waals surface area contributed by atoms with Gasteiger partial charge in [0, 0.05) is 5.56 Å². The zero-order valence-electron chi connectivity index (χ0n) is 16.6. The van der Waals surface area contributed by atoms with Crippen LogP contribution >= 0.6 is 11.6 Å².